The number of amides is 2. The van der Waals surface area contributed by atoms with Crippen molar-refractivity contribution in [3.05, 3.63) is 54.0 Å². The Morgan fingerprint density at radius 1 is 1.07 bits per heavy atom. The quantitative estimate of drug-likeness (QED) is 0.851. The van der Waals surface area contributed by atoms with Gasteiger partial charge in [0.25, 0.3) is 5.91 Å². The minimum atomic E-state index is -0.223. The molecule has 1 aromatic heterocycles. The van der Waals surface area contributed by atoms with Crippen molar-refractivity contribution in [2.24, 2.45) is 5.92 Å². The van der Waals surface area contributed by atoms with E-state index in [4.69, 9.17) is 9.15 Å². The van der Waals surface area contributed by atoms with Gasteiger partial charge in [0.05, 0.1) is 6.26 Å². The third-order valence-electron chi connectivity index (χ3n) is 5.16. The zero-order chi connectivity index (χ0) is 18.6. The molecule has 0 spiro atoms. The molecule has 0 unspecified atom stereocenters. The molecule has 27 heavy (non-hydrogen) atoms. The normalized spacial score (nSPS) is 17.6. The van der Waals surface area contributed by atoms with E-state index < -0.39 is 0 Å². The predicted molar refractivity (Wildman–Crippen MR) is 99.3 cm³/mol. The highest BCUT2D eigenvalue weighted by Crippen LogP contribution is 2.32. The van der Waals surface area contributed by atoms with E-state index in [0.29, 0.717) is 18.8 Å². The Kier molecular flexibility index (Phi) is 5.14. The molecule has 1 aliphatic heterocycles. The molecule has 0 bridgehead atoms. The molecular formula is C21H24N2O4. The molecule has 0 radical (unpaired) electrons. The molecule has 0 atom stereocenters. The Hall–Kier alpha value is -2.76. The first kappa shape index (κ1) is 17.6. The average Bonchev–Trinajstić information content (AvgIpc) is 3.45. The molecule has 2 fully saturated rings. The lowest BCUT2D eigenvalue weighted by Crippen LogP contribution is -2.47. The largest absolute Gasteiger partial charge is 0.489 e. The van der Waals surface area contributed by atoms with Crippen LogP contribution in [0.3, 0.4) is 0 Å². The summed E-state index contributed by atoms with van der Waals surface area (Å²) in [5, 5.41) is 3.04. The van der Waals surface area contributed by atoms with Gasteiger partial charge in [0.2, 0.25) is 5.91 Å². The number of hydrogen-bond acceptors (Lipinski definition) is 4. The molecule has 1 aromatic carbocycles. The Labute approximate surface area is 158 Å². The molecule has 6 nitrogen and oxygen atoms in total. The van der Waals surface area contributed by atoms with Crippen LogP contribution in [-0.2, 0) is 11.4 Å². The van der Waals surface area contributed by atoms with Gasteiger partial charge in [-0.2, -0.15) is 0 Å². The summed E-state index contributed by atoms with van der Waals surface area (Å²) in [5.74, 6) is 1.36. The van der Waals surface area contributed by atoms with Crippen molar-refractivity contribution < 1.29 is 18.7 Å². The van der Waals surface area contributed by atoms with Gasteiger partial charge in [-0.3, -0.25) is 9.59 Å². The number of benzene rings is 1. The molecule has 2 aliphatic rings. The predicted octanol–water partition coefficient (Wildman–Crippen LogP) is 2.99. The number of carbonyl (C=O) groups is 2. The van der Waals surface area contributed by atoms with Gasteiger partial charge in [-0.05, 0) is 43.9 Å². The summed E-state index contributed by atoms with van der Waals surface area (Å²) in [4.78, 5) is 26.7. The number of rotatable bonds is 6. The van der Waals surface area contributed by atoms with Crippen LogP contribution in [0.4, 0.5) is 0 Å². The Balaban J connectivity index is 1.29. The second-order valence-corrected chi connectivity index (χ2v) is 7.22. The fourth-order valence-corrected chi connectivity index (χ4v) is 3.41. The highest BCUT2D eigenvalue weighted by Gasteiger charge is 2.35. The SMILES string of the molecule is O=C(NC1CCN(C(=O)C2CC2)CC1)c1occc1COc1ccccc1. The highest BCUT2D eigenvalue weighted by molar-refractivity contribution is 5.93. The second kappa shape index (κ2) is 7.86. The first-order valence-corrected chi connectivity index (χ1v) is 9.54. The minimum Gasteiger partial charge on any atom is -0.489 e. The molecule has 2 amide bonds. The maximum absolute atomic E-state index is 12.6. The minimum absolute atomic E-state index is 0.0637. The fraction of sp³-hybridized carbons (Fsp3) is 0.429. The molecule has 1 N–H and O–H groups in total. The van der Waals surface area contributed by atoms with E-state index in [2.05, 4.69) is 5.32 Å². The molecule has 1 aliphatic carbocycles. The van der Waals surface area contributed by atoms with E-state index in [0.717, 1.165) is 37.0 Å². The number of nitrogens with one attached hydrogen (secondary N) is 1. The van der Waals surface area contributed by atoms with Crippen molar-refractivity contribution in [1.29, 1.82) is 0 Å². The highest BCUT2D eigenvalue weighted by atomic mass is 16.5. The fourth-order valence-electron chi connectivity index (χ4n) is 3.41. The number of likely N-dealkylation sites (tertiary alicyclic amines) is 1. The zero-order valence-electron chi connectivity index (χ0n) is 15.2. The van der Waals surface area contributed by atoms with Gasteiger partial charge in [-0.1, -0.05) is 18.2 Å². The first-order valence-electron chi connectivity index (χ1n) is 9.54. The summed E-state index contributed by atoms with van der Waals surface area (Å²) in [5.41, 5.74) is 0.720. The van der Waals surface area contributed by atoms with Gasteiger partial charge >= 0.3 is 0 Å². The van der Waals surface area contributed by atoms with Crippen LogP contribution in [0, 0.1) is 5.92 Å². The van der Waals surface area contributed by atoms with Crippen LogP contribution in [0.1, 0.15) is 41.8 Å². The molecule has 1 saturated carbocycles. The lowest BCUT2D eigenvalue weighted by molar-refractivity contribution is -0.133. The molecule has 2 heterocycles. The van der Waals surface area contributed by atoms with Crippen LogP contribution in [0.15, 0.2) is 47.1 Å². The third-order valence-corrected chi connectivity index (χ3v) is 5.16. The molecule has 6 heteroatoms. The molecule has 1 saturated heterocycles. The number of hydrogen-bond donors (Lipinski definition) is 1. The van der Waals surface area contributed by atoms with E-state index in [1.54, 1.807) is 6.07 Å². The van der Waals surface area contributed by atoms with Crippen LogP contribution >= 0.6 is 0 Å². The van der Waals surface area contributed by atoms with Crippen molar-refractivity contribution in [2.75, 3.05) is 13.1 Å². The lowest BCUT2D eigenvalue weighted by atomic mass is 10.0. The van der Waals surface area contributed by atoms with Gasteiger partial charge in [0.1, 0.15) is 12.4 Å². The molecular weight excluding hydrogens is 344 g/mol. The summed E-state index contributed by atoms with van der Waals surface area (Å²) >= 11 is 0. The van der Waals surface area contributed by atoms with Crippen molar-refractivity contribution in [1.82, 2.24) is 10.2 Å². The topological polar surface area (TPSA) is 71.8 Å². The van der Waals surface area contributed by atoms with Gasteiger partial charge in [0, 0.05) is 30.6 Å². The zero-order valence-corrected chi connectivity index (χ0v) is 15.2. The average molecular weight is 368 g/mol. The maximum Gasteiger partial charge on any atom is 0.287 e. The van der Waals surface area contributed by atoms with Crippen LogP contribution in [-0.4, -0.2) is 35.8 Å². The number of carbonyl (C=O) groups excluding carboxylic acids is 2. The summed E-state index contributed by atoms with van der Waals surface area (Å²) < 4.78 is 11.1. The number of piperidine rings is 1. The van der Waals surface area contributed by atoms with Gasteiger partial charge in [-0.25, -0.2) is 0 Å². The molecule has 2 aromatic rings. The summed E-state index contributed by atoms with van der Waals surface area (Å²) in [6.45, 7) is 1.70. The van der Waals surface area contributed by atoms with Gasteiger partial charge in [0.15, 0.2) is 5.76 Å². The summed E-state index contributed by atoms with van der Waals surface area (Å²) in [6.07, 6.45) is 5.13. The Morgan fingerprint density at radius 2 is 1.81 bits per heavy atom. The first-order chi connectivity index (χ1) is 13.2. The van der Waals surface area contributed by atoms with Crippen molar-refractivity contribution in [2.45, 2.75) is 38.3 Å². The molecule has 142 valence electrons. The number of ether oxygens (including phenoxy) is 1. The summed E-state index contributed by atoms with van der Waals surface area (Å²) in [7, 11) is 0. The van der Waals surface area contributed by atoms with Crippen molar-refractivity contribution in [3.63, 3.8) is 0 Å². The second-order valence-electron chi connectivity index (χ2n) is 7.22. The van der Waals surface area contributed by atoms with Crippen LogP contribution in [0.2, 0.25) is 0 Å². The van der Waals surface area contributed by atoms with Gasteiger partial charge in [-0.15, -0.1) is 0 Å². The standard InChI is InChI=1S/C21H24N2O4/c24-20(22-17-8-11-23(12-9-17)21(25)15-6-7-15)19-16(10-13-26-19)14-27-18-4-2-1-3-5-18/h1-5,10,13,15,17H,6-9,11-12,14H2,(H,22,24). The Morgan fingerprint density at radius 3 is 2.52 bits per heavy atom. The van der Waals surface area contributed by atoms with Crippen LogP contribution < -0.4 is 10.1 Å². The van der Waals surface area contributed by atoms with E-state index in [-0.39, 0.29) is 30.4 Å². The van der Waals surface area contributed by atoms with Crippen molar-refractivity contribution >= 4 is 11.8 Å². The number of para-hydroxylation sites is 1. The van der Waals surface area contributed by atoms with Crippen LogP contribution in [0.25, 0.3) is 0 Å². The summed E-state index contributed by atoms with van der Waals surface area (Å²) in [6, 6.07) is 11.3. The van der Waals surface area contributed by atoms with E-state index >= 15 is 0 Å². The number of nitrogens with zero attached hydrogens (tertiary/aromatic N) is 1. The molecule has 4 rings (SSSR count). The monoisotopic (exact) mass is 368 g/mol. The van der Waals surface area contributed by atoms with E-state index in [1.807, 2.05) is 35.2 Å². The Bertz CT molecular complexity index is 790. The number of furan rings is 1. The maximum atomic E-state index is 12.6. The van der Waals surface area contributed by atoms with Gasteiger partial charge < -0.3 is 19.4 Å². The van der Waals surface area contributed by atoms with E-state index in [9.17, 15) is 9.59 Å². The van der Waals surface area contributed by atoms with E-state index in [1.165, 1.54) is 6.26 Å². The third kappa shape index (κ3) is 4.32. The smallest absolute Gasteiger partial charge is 0.287 e. The van der Waals surface area contributed by atoms with Crippen molar-refractivity contribution in [3.8, 4) is 5.75 Å². The lowest BCUT2D eigenvalue weighted by Gasteiger charge is -2.32. The van der Waals surface area contributed by atoms with Crippen LogP contribution in [0.5, 0.6) is 5.75 Å².